The predicted molar refractivity (Wildman–Crippen MR) is 98.2 cm³/mol. The maximum Gasteiger partial charge on any atom is 0.133 e. The van der Waals surface area contributed by atoms with E-state index in [9.17, 15) is 0 Å². The zero-order valence-electron chi connectivity index (χ0n) is 12.7. The van der Waals surface area contributed by atoms with Gasteiger partial charge in [0.05, 0.1) is 23.4 Å². The lowest BCUT2D eigenvalue weighted by molar-refractivity contribution is 0.415. The minimum Gasteiger partial charge on any atom is -0.497 e. The van der Waals surface area contributed by atoms with E-state index in [1.54, 1.807) is 18.9 Å². The van der Waals surface area contributed by atoms with Gasteiger partial charge in [-0.05, 0) is 41.6 Å². The molecule has 0 bridgehead atoms. The predicted octanol–water partition coefficient (Wildman–Crippen LogP) is 4.30. The van der Waals surface area contributed by atoms with E-state index >= 15 is 0 Å². The quantitative estimate of drug-likeness (QED) is 0.761. The van der Waals surface area contributed by atoms with E-state index in [1.807, 2.05) is 42.5 Å². The van der Waals surface area contributed by atoms with Gasteiger partial charge < -0.3 is 4.74 Å². The number of nitriles is 1. The van der Waals surface area contributed by atoms with E-state index in [0.717, 1.165) is 22.1 Å². The smallest absolute Gasteiger partial charge is 0.133 e. The van der Waals surface area contributed by atoms with Crippen molar-refractivity contribution in [1.82, 2.24) is 0 Å². The van der Waals surface area contributed by atoms with Gasteiger partial charge >= 0.3 is 0 Å². The molecule has 23 heavy (non-hydrogen) atoms. The summed E-state index contributed by atoms with van der Waals surface area (Å²) in [5.74, 6) is 1.56. The molecule has 0 aliphatic carbocycles. The molecule has 1 aliphatic heterocycles. The first-order valence-electron chi connectivity index (χ1n) is 7.22. The van der Waals surface area contributed by atoms with Gasteiger partial charge in [0.25, 0.3) is 0 Å². The summed E-state index contributed by atoms with van der Waals surface area (Å²) in [7, 11) is 1.66. The highest BCUT2D eigenvalue weighted by Crippen LogP contribution is 2.45. The van der Waals surface area contributed by atoms with Crippen LogP contribution >= 0.6 is 23.5 Å². The maximum atomic E-state index is 8.98. The Balaban J connectivity index is 1.86. The molecule has 1 unspecified atom stereocenters. The second-order valence-electron chi connectivity index (χ2n) is 5.19. The van der Waals surface area contributed by atoms with Crippen LogP contribution in [-0.2, 0) is 4.75 Å². The van der Waals surface area contributed by atoms with Crippen LogP contribution in [0, 0.1) is 10.7 Å². The van der Waals surface area contributed by atoms with Crippen LogP contribution in [0.4, 0.5) is 0 Å². The number of hydrogen-bond donors (Lipinski definition) is 0. The van der Waals surface area contributed by atoms with Gasteiger partial charge in [-0.15, -0.1) is 0 Å². The standard InChI is InChI=1S/C18H16N2OS2/c1-21-16-9-7-14(8-10-16)17-20-11-18(23-17,12-22-13-19)15-5-3-2-4-6-15/h2-10H,11-12H2,1H3. The minimum atomic E-state index is -0.170. The lowest BCUT2D eigenvalue weighted by Crippen LogP contribution is -2.26. The van der Waals surface area contributed by atoms with Gasteiger partial charge in [-0.1, -0.05) is 42.1 Å². The van der Waals surface area contributed by atoms with Crippen molar-refractivity contribution >= 4 is 28.6 Å². The summed E-state index contributed by atoms with van der Waals surface area (Å²) in [6, 6.07) is 18.3. The molecule has 1 aliphatic rings. The monoisotopic (exact) mass is 340 g/mol. The number of ether oxygens (including phenoxy) is 1. The number of nitrogens with zero attached hydrogens (tertiary/aromatic N) is 2. The summed E-state index contributed by atoms with van der Waals surface area (Å²) in [6.45, 7) is 0.692. The van der Waals surface area contributed by atoms with E-state index < -0.39 is 0 Å². The van der Waals surface area contributed by atoms with Gasteiger partial charge in [-0.3, -0.25) is 4.99 Å². The number of benzene rings is 2. The normalized spacial score (nSPS) is 19.9. The fraction of sp³-hybridized carbons (Fsp3) is 0.222. The number of rotatable bonds is 5. The molecule has 5 heteroatoms. The van der Waals surface area contributed by atoms with Gasteiger partial charge in [0.2, 0.25) is 0 Å². The Labute approximate surface area is 144 Å². The summed E-state index contributed by atoms with van der Waals surface area (Å²) < 4.78 is 5.04. The van der Waals surface area contributed by atoms with Crippen molar-refractivity contribution in [3.63, 3.8) is 0 Å². The number of aliphatic imine (C=N–C) groups is 1. The highest BCUT2D eigenvalue weighted by atomic mass is 32.2. The Bertz CT molecular complexity index is 738. The molecule has 3 nitrogen and oxygen atoms in total. The lowest BCUT2D eigenvalue weighted by Gasteiger charge is -2.26. The number of thiocyanates is 1. The third-order valence-electron chi connectivity index (χ3n) is 3.78. The fourth-order valence-corrected chi connectivity index (χ4v) is 4.64. The maximum absolute atomic E-state index is 8.98. The van der Waals surface area contributed by atoms with Gasteiger partial charge in [0, 0.05) is 11.3 Å². The van der Waals surface area contributed by atoms with Crippen molar-refractivity contribution in [2.75, 3.05) is 19.4 Å². The van der Waals surface area contributed by atoms with Gasteiger partial charge in [-0.25, -0.2) is 0 Å². The van der Waals surface area contributed by atoms with Crippen LogP contribution in [0.1, 0.15) is 11.1 Å². The van der Waals surface area contributed by atoms with Gasteiger partial charge in [-0.2, -0.15) is 5.26 Å². The molecule has 0 spiro atoms. The molecule has 116 valence electrons. The molecular formula is C18H16N2OS2. The zero-order chi connectivity index (χ0) is 16.1. The SMILES string of the molecule is COc1ccc(C2=NCC(CSC#N)(c3ccccc3)S2)cc1. The average Bonchev–Trinajstić information content (AvgIpc) is 3.06. The summed E-state index contributed by atoms with van der Waals surface area (Å²) in [6.07, 6.45) is 0. The number of hydrogen-bond acceptors (Lipinski definition) is 5. The molecular weight excluding hydrogens is 324 g/mol. The zero-order valence-corrected chi connectivity index (χ0v) is 14.4. The van der Waals surface area contributed by atoms with Crippen molar-refractivity contribution in [3.8, 4) is 11.2 Å². The van der Waals surface area contributed by atoms with Crippen LogP contribution < -0.4 is 4.74 Å². The average molecular weight is 340 g/mol. The van der Waals surface area contributed by atoms with Gasteiger partial charge in [0.1, 0.15) is 11.2 Å². The fourth-order valence-electron chi connectivity index (χ4n) is 2.53. The summed E-state index contributed by atoms with van der Waals surface area (Å²) in [4.78, 5) is 4.76. The van der Waals surface area contributed by atoms with Crippen LogP contribution in [0.2, 0.25) is 0 Å². The molecule has 0 radical (unpaired) electrons. The highest BCUT2D eigenvalue weighted by Gasteiger charge is 2.39. The van der Waals surface area contributed by atoms with Crippen LogP contribution in [-0.4, -0.2) is 24.5 Å². The second kappa shape index (κ2) is 7.12. The summed E-state index contributed by atoms with van der Waals surface area (Å²) >= 11 is 3.05. The lowest BCUT2D eigenvalue weighted by atomic mass is 10.0. The van der Waals surface area contributed by atoms with Crippen molar-refractivity contribution < 1.29 is 4.74 Å². The first kappa shape index (κ1) is 16.0. The molecule has 0 aromatic heterocycles. The van der Waals surface area contributed by atoms with Crippen LogP contribution in [0.5, 0.6) is 5.75 Å². The van der Waals surface area contributed by atoms with Gasteiger partial charge in [0.15, 0.2) is 0 Å². The van der Waals surface area contributed by atoms with E-state index in [2.05, 4.69) is 17.5 Å². The largest absolute Gasteiger partial charge is 0.497 e. The van der Waals surface area contributed by atoms with Crippen LogP contribution in [0.25, 0.3) is 0 Å². The Morgan fingerprint density at radius 1 is 1.22 bits per heavy atom. The molecule has 0 saturated carbocycles. The van der Waals surface area contributed by atoms with Crippen molar-refractivity contribution in [2.45, 2.75) is 4.75 Å². The van der Waals surface area contributed by atoms with Crippen molar-refractivity contribution in [2.24, 2.45) is 4.99 Å². The Hall–Kier alpha value is -1.90. The Morgan fingerprint density at radius 2 is 1.96 bits per heavy atom. The van der Waals surface area contributed by atoms with E-state index in [4.69, 9.17) is 15.0 Å². The minimum absolute atomic E-state index is 0.170. The Morgan fingerprint density at radius 3 is 2.61 bits per heavy atom. The third kappa shape index (κ3) is 3.39. The highest BCUT2D eigenvalue weighted by molar-refractivity contribution is 8.16. The summed E-state index contributed by atoms with van der Waals surface area (Å²) in [5.41, 5.74) is 2.32. The van der Waals surface area contributed by atoms with E-state index in [-0.39, 0.29) is 4.75 Å². The molecule has 0 N–H and O–H groups in total. The third-order valence-corrected chi connectivity index (χ3v) is 6.18. The number of methoxy groups -OCH3 is 1. The second-order valence-corrected chi connectivity index (χ2v) is 7.32. The molecule has 0 amide bonds. The molecule has 1 heterocycles. The molecule has 2 aromatic carbocycles. The first-order valence-corrected chi connectivity index (χ1v) is 9.02. The van der Waals surface area contributed by atoms with Crippen molar-refractivity contribution in [1.29, 1.82) is 5.26 Å². The molecule has 0 saturated heterocycles. The first-order chi connectivity index (χ1) is 11.3. The molecule has 0 fully saturated rings. The topological polar surface area (TPSA) is 45.4 Å². The molecule has 3 rings (SSSR count). The molecule has 2 aromatic rings. The van der Waals surface area contributed by atoms with E-state index in [0.29, 0.717) is 6.54 Å². The van der Waals surface area contributed by atoms with E-state index in [1.165, 1.54) is 17.3 Å². The number of thioether (sulfide) groups is 2. The van der Waals surface area contributed by atoms with Crippen LogP contribution in [0.3, 0.4) is 0 Å². The van der Waals surface area contributed by atoms with Crippen molar-refractivity contribution in [3.05, 3.63) is 65.7 Å². The Kier molecular flexibility index (Phi) is 4.94. The summed E-state index contributed by atoms with van der Waals surface area (Å²) in [5, 5.41) is 12.2. The molecule has 1 atom stereocenters. The van der Waals surface area contributed by atoms with Crippen LogP contribution in [0.15, 0.2) is 59.6 Å².